The van der Waals surface area contributed by atoms with E-state index in [1.807, 2.05) is 0 Å². The van der Waals surface area contributed by atoms with Crippen molar-refractivity contribution in [3.05, 3.63) is 36.0 Å². The molecule has 1 fully saturated rings. The highest BCUT2D eigenvalue weighted by atomic mass is 19.1. The van der Waals surface area contributed by atoms with E-state index in [0.29, 0.717) is 31.9 Å². The fourth-order valence-corrected chi connectivity index (χ4v) is 2.12. The summed E-state index contributed by atoms with van der Waals surface area (Å²) in [4.78, 5) is 13.8. The van der Waals surface area contributed by atoms with Gasteiger partial charge in [-0.25, -0.2) is 4.39 Å². The van der Waals surface area contributed by atoms with Gasteiger partial charge in [-0.3, -0.25) is 4.79 Å². The lowest BCUT2D eigenvalue weighted by Gasteiger charge is -2.26. The Kier molecular flexibility index (Phi) is 3.92. The van der Waals surface area contributed by atoms with Gasteiger partial charge in [0.25, 0.3) is 0 Å². The Bertz CT molecular complexity index is 638. The van der Waals surface area contributed by atoms with Crippen LogP contribution in [-0.4, -0.2) is 47.3 Å². The van der Waals surface area contributed by atoms with Crippen molar-refractivity contribution in [3.63, 3.8) is 0 Å². The number of ether oxygens (including phenoxy) is 1. The summed E-state index contributed by atoms with van der Waals surface area (Å²) in [6.45, 7) is 2.24. The molecule has 0 saturated carbocycles. The fraction of sp³-hybridized carbons (Fsp3) is 0.357. The molecule has 2 aromatic rings. The topological polar surface area (TPSA) is 68.5 Å². The van der Waals surface area contributed by atoms with E-state index in [1.165, 1.54) is 12.1 Å². The monoisotopic (exact) mass is 291 g/mol. The van der Waals surface area contributed by atoms with Gasteiger partial charge in [-0.15, -0.1) is 10.2 Å². The molecule has 2 heterocycles. The molecule has 6 nitrogen and oxygen atoms in total. The van der Waals surface area contributed by atoms with Crippen molar-refractivity contribution >= 4 is 5.91 Å². The first-order chi connectivity index (χ1) is 10.2. The van der Waals surface area contributed by atoms with Crippen molar-refractivity contribution in [1.29, 1.82) is 0 Å². The van der Waals surface area contributed by atoms with Crippen LogP contribution in [0.1, 0.15) is 5.89 Å². The maximum atomic E-state index is 13.2. The molecular weight excluding hydrogens is 277 g/mol. The van der Waals surface area contributed by atoms with Crippen molar-refractivity contribution in [2.24, 2.45) is 0 Å². The summed E-state index contributed by atoms with van der Waals surface area (Å²) in [6.07, 6.45) is 0.0440. The van der Waals surface area contributed by atoms with Gasteiger partial charge in [0.15, 0.2) is 0 Å². The molecule has 0 spiro atoms. The molecule has 1 aromatic heterocycles. The van der Waals surface area contributed by atoms with Gasteiger partial charge in [-0.1, -0.05) is 6.07 Å². The number of aromatic nitrogens is 2. The normalized spacial score (nSPS) is 15.2. The molecule has 1 aliphatic rings. The first-order valence-electron chi connectivity index (χ1n) is 6.66. The van der Waals surface area contributed by atoms with Crippen molar-refractivity contribution in [2.75, 3.05) is 26.3 Å². The highest BCUT2D eigenvalue weighted by Crippen LogP contribution is 2.19. The average Bonchev–Trinajstić information content (AvgIpc) is 2.97. The van der Waals surface area contributed by atoms with Crippen molar-refractivity contribution in [2.45, 2.75) is 6.42 Å². The van der Waals surface area contributed by atoms with Crippen LogP contribution in [0.15, 0.2) is 28.7 Å². The van der Waals surface area contributed by atoms with Gasteiger partial charge in [-0.05, 0) is 18.2 Å². The number of hydrogen-bond donors (Lipinski definition) is 0. The molecule has 0 unspecified atom stereocenters. The number of rotatable bonds is 3. The van der Waals surface area contributed by atoms with Crippen LogP contribution in [-0.2, 0) is 16.0 Å². The zero-order chi connectivity index (χ0) is 14.7. The summed E-state index contributed by atoms with van der Waals surface area (Å²) in [6, 6.07) is 5.88. The number of carbonyl (C=O) groups excluding carboxylic acids is 1. The molecule has 3 rings (SSSR count). The van der Waals surface area contributed by atoms with Crippen LogP contribution in [0.2, 0.25) is 0 Å². The van der Waals surface area contributed by atoms with Gasteiger partial charge >= 0.3 is 0 Å². The highest BCUT2D eigenvalue weighted by molar-refractivity contribution is 5.78. The lowest BCUT2D eigenvalue weighted by Crippen LogP contribution is -2.41. The number of amides is 1. The van der Waals surface area contributed by atoms with Gasteiger partial charge in [0.05, 0.1) is 13.2 Å². The molecule has 0 radical (unpaired) electrons. The number of hydrogen-bond acceptors (Lipinski definition) is 5. The predicted octanol–water partition coefficient (Wildman–Crippen LogP) is 1.28. The molecule has 0 atom stereocenters. The van der Waals surface area contributed by atoms with E-state index >= 15 is 0 Å². The Morgan fingerprint density at radius 2 is 2.10 bits per heavy atom. The summed E-state index contributed by atoms with van der Waals surface area (Å²) in [5.74, 6) is -0.0191. The quantitative estimate of drug-likeness (QED) is 0.852. The van der Waals surface area contributed by atoms with Gasteiger partial charge in [0, 0.05) is 18.7 Å². The van der Waals surface area contributed by atoms with Crippen LogP contribution in [0.25, 0.3) is 11.5 Å². The molecule has 0 bridgehead atoms. The maximum Gasteiger partial charge on any atom is 0.247 e. The van der Waals surface area contributed by atoms with E-state index < -0.39 is 0 Å². The molecule has 1 amide bonds. The number of halogens is 1. The lowest BCUT2D eigenvalue weighted by atomic mass is 10.2. The van der Waals surface area contributed by atoms with Crippen LogP contribution >= 0.6 is 0 Å². The minimum Gasteiger partial charge on any atom is -0.420 e. The predicted molar refractivity (Wildman–Crippen MR) is 70.8 cm³/mol. The molecular formula is C14H14FN3O3. The van der Waals surface area contributed by atoms with Crippen LogP contribution < -0.4 is 0 Å². The molecule has 7 heteroatoms. The Balaban J connectivity index is 1.69. The third kappa shape index (κ3) is 3.25. The standard InChI is InChI=1S/C14H14FN3O3/c15-11-3-1-2-10(8-11)14-17-16-12(21-14)9-13(19)18-4-6-20-7-5-18/h1-3,8H,4-7,9H2. The second-order valence-corrected chi connectivity index (χ2v) is 4.68. The maximum absolute atomic E-state index is 13.2. The average molecular weight is 291 g/mol. The lowest BCUT2D eigenvalue weighted by molar-refractivity contribution is -0.134. The molecule has 1 aliphatic heterocycles. The van der Waals surface area contributed by atoms with E-state index in [1.54, 1.807) is 17.0 Å². The van der Waals surface area contributed by atoms with Crippen LogP contribution in [0.3, 0.4) is 0 Å². The Morgan fingerprint density at radius 3 is 2.86 bits per heavy atom. The first kappa shape index (κ1) is 13.7. The second-order valence-electron chi connectivity index (χ2n) is 4.68. The van der Waals surface area contributed by atoms with Crippen LogP contribution in [0, 0.1) is 5.82 Å². The van der Waals surface area contributed by atoms with Crippen molar-refractivity contribution in [3.8, 4) is 11.5 Å². The van der Waals surface area contributed by atoms with Gasteiger partial charge in [-0.2, -0.15) is 0 Å². The zero-order valence-electron chi connectivity index (χ0n) is 11.3. The van der Waals surface area contributed by atoms with Gasteiger partial charge in [0.2, 0.25) is 17.7 Å². The molecule has 1 aromatic carbocycles. The Morgan fingerprint density at radius 1 is 1.29 bits per heavy atom. The number of nitrogens with zero attached hydrogens (tertiary/aromatic N) is 3. The number of morpholine rings is 1. The minimum absolute atomic E-state index is 0.0440. The van der Waals surface area contributed by atoms with Crippen molar-refractivity contribution in [1.82, 2.24) is 15.1 Å². The van der Waals surface area contributed by atoms with Crippen LogP contribution in [0.4, 0.5) is 4.39 Å². The molecule has 0 N–H and O–H groups in total. The van der Waals surface area contributed by atoms with E-state index in [2.05, 4.69) is 10.2 Å². The van der Waals surface area contributed by atoms with Gasteiger partial charge in [0.1, 0.15) is 12.2 Å². The second kappa shape index (κ2) is 6.01. The van der Waals surface area contributed by atoms with E-state index in [-0.39, 0.29) is 29.9 Å². The number of benzene rings is 1. The van der Waals surface area contributed by atoms with Crippen molar-refractivity contribution < 1.29 is 18.3 Å². The minimum atomic E-state index is -0.378. The number of carbonyl (C=O) groups is 1. The summed E-state index contributed by atoms with van der Waals surface area (Å²) in [5.41, 5.74) is 0.493. The molecule has 21 heavy (non-hydrogen) atoms. The SMILES string of the molecule is O=C(Cc1nnc(-c2cccc(F)c2)o1)N1CCOCC1. The largest absolute Gasteiger partial charge is 0.420 e. The molecule has 1 saturated heterocycles. The third-order valence-corrected chi connectivity index (χ3v) is 3.20. The molecule has 0 aliphatic carbocycles. The summed E-state index contributed by atoms with van der Waals surface area (Å²) in [5, 5.41) is 7.69. The van der Waals surface area contributed by atoms with Gasteiger partial charge < -0.3 is 14.1 Å². The van der Waals surface area contributed by atoms with E-state index in [9.17, 15) is 9.18 Å². The van der Waals surface area contributed by atoms with E-state index in [4.69, 9.17) is 9.15 Å². The third-order valence-electron chi connectivity index (χ3n) is 3.20. The summed E-state index contributed by atoms with van der Waals surface area (Å²) in [7, 11) is 0. The summed E-state index contributed by atoms with van der Waals surface area (Å²) < 4.78 is 23.8. The smallest absolute Gasteiger partial charge is 0.247 e. The van der Waals surface area contributed by atoms with Crippen LogP contribution in [0.5, 0.6) is 0 Å². The van der Waals surface area contributed by atoms with E-state index in [0.717, 1.165) is 0 Å². The fourth-order valence-electron chi connectivity index (χ4n) is 2.12. The zero-order valence-corrected chi connectivity index (χ0v) is 11.3. The first-order valence-corrected chi connectivity index (χ1v) is 6.66. The highest BCUT2D eigenvalue weighted by Gasteiger charge is 2.20. The Labute approximate surface area is 120 Å². The Hall–Kier alpha value is -2.28. The summed E-state index contributed by atoms with van der Waals surface area (Å²) >= 11 is 0. The molecule has 110 valence electrons.